The van der Waals surface area contributed by atoms with Crippen LogP contribution in [-0.4, -0.2) is 65.1 Å². The van der Waals surface area contributed by atoms with E-state index >= 15 is 0 Å². The summed E-state index contributed by atoms with van der Waals surface area (Å²) in [6, 6.07) is 0. The van der Waals surface area contributed by atoms with Gasteiger partial charge in [0, 0.05) is 36.0 Å². The Kier molecular flexibility index (Phi) is 25.8. The third kappa shape index (κ3) is 22.4. The van der Waals surface area contributed by atoms with Crippen molar-refractivity contribution in [2.45, 2.75) is 116 Å². The Hall–Kier alpha value is 0.390. The van der Waals surface area contributed by atoms with Crippen LogP contribution in [0.4, 0.5) is 0 Å². The van der Waals surface area contributed by atoms with E-state index in [0.29, 0.717) is 6.42 Å². The van der Waals surface area contributed by atoms with Gasteiger partial charge in [0.1, 0.15) is 12.7 Å². The van der Waals surface area contributed by atoms with Crippen LogP contribution in [0.25, 0.3) is 0 Å². The van der Waals surface area contributed by atoms with Crippen molar-refractivity contribution in [3.63, 3.8) is 0 Å². The average Bonchev–Trinajstić information content (AvgIpc) is 2.62. The smallest absolute Gasteiger partial charge is 0.305 e. The number of aliphatic hydroxyl groups excluding tert-OH is 2. The van der Waals surface area contributed by atoms with Crippen LogP contribution in [0.2, 0.25) is 0 Å². The van der Waals surface area contributed by atoms with E-state index in [1.165, 1.54) is 83.5 Å². The van der Waals surface area contributed by atoms with Gasteiger partial charge in [-0.2, -0.15) is 0 Å². The molecule has 0 spiro atoms. The normalized spacial score (nSPS) is 11.8. The molecule has 1 atom stereocenters. The predicted octanol–water partition coefficient (Wildman–Crippen LogP) is 4.76. The van der Waals surface area contributed by atoms with Crippen LogP contribution in [0.5, 0.6) is 0 Å². The minimum absolute atomic E-state index is 0. The molecule has 4 nitrogen and oxygen atoms in total. The van der Waals surface area contributed by atoms with E-state index in [-0.39, 0.29) is 48.7 Å². The summed E-state index contributed by atoms with van der Waals surface area (Å²) in [5.74, 6) is -0.276. The molecule has 0 aromatic carbocycles. The molecular weight excluding hydrogens is 339 g/mol. The Morgan fingerprint density at radius 1 is 0.769 bits per heavy atom. The maximum atomic E-state index is 11.4. The van der Waals surface area contributed by atoms with Crippen molar-refractivity contribution in [1.29, 1.82) is 0 Å². The van der Waals surface area contributed by atoms with E-state index in [4.69, 9.17) is 14.9 Å². The van der Waals surface area contributed by atoms with Gasteiger partial charge in [0.2, 0.25) is 0 Å². The second kappa shape index (κ2) is 23.4. The Morgan fingerprint density at radius 3 is 1.54 bits per heavy atom. The molecule has 26 heavy (non-hydrogen) atoms. The first kappa shape index (κ1) is 28.6. The number of aliphatic hydroxyl groups is 2. The second-order valence-corrected chi connectivity index (χ2v) is 7.22. The molecule has 151 valence electrons. The molecule has 0 heterocycles. The molecule has 0 saturated heterocycles. The Labute approximate surface area is 183 Å². The number of carbonyl (C=O) groups is 1. The zero-order valence-electron chi connectivity index (χ0n) is 17.5. The van der Waals surface area contributed by atoms with E-state index in [0.717, 1.165) is 12.8 Å². The van der Waals surface area contributed by atoms with Gasteiger partial charge in [0.25, 0.3) is 0 Å². The SMILES string of the molecule is CCCCCCCCCCCCCCCCCC(=O)OCC(O)CO.[Na]. The Morgan fingerprint density at radius 2 is 1.15 bits per heavy atom. The van der Waals surface area contributed by atoms with Crippen LogP contribution >= 0.6 is 0 Å². The van der Waals surface area contributed by atoms with E-state index in [1.54, 1.807) is 0 Å². The average molecular weight is 382 g/mol. The van der Waals surface area contributed by atoms with Gasteiger partial charge in [-0.25, -0.2) is 0 Å². The van der Waals surface area contributed by atoms with Crippen LogP contribution in [0.1, 0.15) is 110 Å². The first-order chi connectivity index (χ1) is 12.2. The number of hydrogen-bond donors (Lipinski definition) is 2. The number of esters is 1. The molecule has 5 heteroatoms. The Bertz CT molecular complexity index is 287. The third-order valence-corrected chi connectivity index (χ3v) is 4.63. The second-order valence-electron chi connectivity index (χ2n) is 7.22. The first-order valence-corrected chi connectivity index (χ1v) is 10.6. The topological polar surface area (TPSA) is 66.8 Å². The van der Waals surface area contributed by atoms with Crippen LogP contribution in [0, 0.1) is 0 Å². The maximum absolute atomic E-state index is 11.4. The first-order valence-electron chi connectivity index (χ1n) is 10.6. The molecule has 0 aliphatic heterocycles. The Balaban J connectivity index is 0. The molecule has 0 rings (SSSR count). The van der Waals surface area contributed by atoms with Crippen LogP contribution in [0.3, 0.4) is 0 Å². The monoisotopic (exact) mass is 381 g/mol. The zero-order chi connectivity index (χ0) is 18.6. The van der Waals surface area contributed by atoms with Gasteiger partial charge in [-0.1, -0.05) is 96.8 Å². The fraction of sp³-hybridized carbons (Fsp3) is 0.952. The summed E-state index contributed by atoms with van der Waals surface area (Å²) in [5.41, 5.74) is 0. The van der Waals surface area contributed by atoms with E-state index < -0.39 is 6.10 Å². The van der Waals surface area contributed by atoms with Crippen molar-refractivity contribution in [3.8, 4) is 0 Å². The summed E-state index contributed by atoms with van der Waals surface area (Å²) in [4.78, 5) is 11.4. The van der Waals surface area contributed by atoms with Crippen molar-refractivity contribution in [2.75, 3.05) is 13.2 Å². The molecule has 0 aliphatic rings. The van der Waals surface area contributed by atoms with Gasteiger partial charge in [-0.05, 0) is 6.42 Å². The van der Waals surface area contributed by atoms with Crippen molar-refractivity contribution < 1.29 is 19.7 Å². The van der Waals surface area contributed by atoms with Gasteiger partial charge >= 0.3 is 5.97 Å². The molecule has 0 bridgehead atoms. The summed E-state index contributed by atoms with van der Waals surface area (Å²) in [6.07, 6.45) is 19.0. The molecule has 2 N–H and O–H groups in total. The number of unbranched alkanes of at least 4 members (excludes halogenated alkanes) is 14. The van der Waals surface area contributed by atoms with Crippen molar-refractivity contribution >= 4 is 35.5 Å². The number of rotatable bonds is 19. The standard InChI is InChI=1S/C21H42O4.Na/c1-2-3-4-5-6-7-8-9-10-11-12-13-14-15-16-17-21(24)25-19-20(23)18-22;/h20,22-23H,2-19H2,1H3;. The molecule has 0 aliphatic carbocycles. The molecule has 0 saturated carbocycles. The van der Waals surface area contributed by atoms with Gasteiger partial charge in [0.15, 0.2) is 0 Å². The van der Waals surface area contributed by atoms with Gasteiger partial charge in [-0.3, -0.25) is 4.79 Å². The molecule has 0 aromatic rings. The zero-order valence-corrected chi connectivity index (χ0v) is 19.5. The van der Waals surface area contributed by atoms with Gasteiger partial charge < -0.3 is 14.9 Å². The van der Waals surface area contributed by atoms with Crippen molar-refractivity contribution in [2.24, 2.45) is 0 Å². The molecule has 0 fully saturated rings. The van der Waals surface area contributed by atoms with Gasteiger partial charge in [-0.15, -0.1) is 0 Å². The van der Waals surface area contributed by atoms with Crippen LogP contribution in [-0.2, 0) is 9.53 Å². The largest absolute Gasteiger partial charge is 0.463 e. The summed E-state index contributed by atoms with van der Waals surface area (Å²) in [6.45, 7) is 1.79. The summed E-state index contributed by atoms with van der Waals surface area (Å²) < 4.78 is 4.86. The predicted molar refractivity (Wildman–Crippen MR) is 109 cm³/mol. The van der Waals surface area contributed by atoms with E-state index in [9.17, 15) is 4.79 Å². The number of hydrogen-bond acceptors (Lipinski definition) is 4. The van der Waals surface area contributed by atoms with Crippen molar-refractivity contribution in [3.05, 3.63) is 0 Å². The summed E-state index contributed by atoms with van der Waals surface area (Å²) in [5, 5.41) is 17.7. The third-order valence-electron chi connectivity index (χ3n) is 4.63. The summed E-state index contributed by atoms with van der Waals surface area (Å²) >= 11 is 0. The molecule has 1 unspecified atom stereocenters. The van der Waals surface area contributed by atoms with Crippen molar-refractivity contribution in [1.82, 2.24) is 0 Å². The summed E-state index contributed by atoms with van der Waals surface area (Å²) in [7, 11) is 0. The van der Waals surface area contributed by atoms with Crippen LogP contribution < -0.4 is 0 Å². The number of carbonyl (C=O) groups excluding carboxylic acids is 1. The fourth-order valence-corrected chi connectivity index (χ4v) is 2.95. The minimum atomic E-state index is -0.954. The fourth-order valence-electron chi connectivity index (χ4n) is 2.95. The molecular formula is C21H42NaO4. The van der Waals surface area contributed by atoms with E-state index in [1.807, 2.05) is 0 Å². The molecule has 1 radical (unpaired) electrons. The van der Waals surface area contributed by atoms with Crippen LogP contribution in [0.15, 0.2) is 0 Å². The maximum Gasteiger partial charge on any atom is 0.305 e. The molecule has 0 amide bonds. The van der Waals surface area contributed by atoms with Gasteiger partial charge in [0.05, 0.1) is 6.61 Å². The molecule has 0 aromatic heterocycles. The van der Waals surface area contributed by atoms with E-state index in [2.05, 4.69) is 6.92 Å². The number of ether oxygens (including phenoxy) is 1. The quantitative estimate of drug-likeness (QED) is 0.192. The minimum Gasteiger partial charge on any atom is -0.463 e.